The summed E-state index contributed by atoms with van der Waals surface area (Å²) in [5.74, 6) is 0. The largest absolute Gasteiger partial charge is 0.310 e. The fourth-order valence-electron chi connectivity index (χ4n) is 9.40. The zero-order valence-corrected chi connectivity index (χ0v) is 33.2. The lowest BCUT2D eigenvalue weighted by atomic mass is 9.82. The van der Waals surface area contributed by atoms with Crippen molar-refractivity contribution in [2.45, 2.75) is 19.3 Å². The predicted molar refractivity (Wildman–Crippen MR) is 249 cm³/mol. The van der Waals surface area contributed by atoms with E-state index in [0.717, 1.165) is 22.7 Å². The Morgan fingerprint density at radius 3 is 1.32 bits per heavy atom. The van der Waals surface area contributed by atoms with Crippen LogP contribution in [0.5, 0.6) is 0 Å². The fourth-order valence-corrected chi connectivity index (χ4v) is 9.40. The molecule has 0 N–H and O–H groups in total. The summed E-state index contributed by atoms with van der Waals surface area (Å²) in [6, 6.07) is 79.8. The van der Waals surface area contributed by atoms with Gasteiger partial charge in [-0.15, -0.1) is 0 Å². The molecule has 11 rings (SSSR count). The van der Waals surface area contributed by atoms with Gasteiger partial charge in [-0.1, -0.05) is 172 Å². The number of rotatable bonds is 7. The maximum absolute atomic E-state index is 2.45. The minimum Gasteiger partial charge on any atom is -0.310 e. The third-order valence-corrected chi connectivity index (χ3v) is 12.4. The highest BCUT2D eigenvalue weighted by atomic mass is 15.1. The second-order valence-electron chi connectivity index (χ2n) is 16.2. The molecule has 0 unspecified atom stereocenters. The monoisotopic (exact) mass is 754 g/mol. The third-order valence-electron chi connectivity index (χ3n) is 12.4. The average Bonchev–Trinajstić information content (AvgIpc) is 3.75. The highest BCUT2D eigenvalue weighted by Gasteiger charge is 2.35. The Morgan fingerprint density at radius 2 is 0.763 bits per heavy atom. The van der Waals surface area contributed by atoms with Crippen molar-refractivity contribution < 1.29 is 0 Å². The number of anilines is 3. The first kappa shape index (κ1) is 34.8. The van der Waals surface area contributed by atoms with Crippen LogP contribution < -0.4 is 4.90 Å². The number of hydrogen-bond acceptors (Lipinski definition) is 1. The summed E-state index contributed by atoms with van der Waals surface area (Å²) in [6.45, 7) is 4.69. The summed E-state index contributed by atoms with van der Waals surface area (Å²) >= 11 is 0. The van der Waals surface area contributed by atoms with Gasteiger partial charge >= 0.3 is 0 Å². The summed E-state index contributed by atoms with van der Waals surface area (Å²) in [5, 5.41) is 2.48. The van der Waals surface area contributed by atoms with Gasteiger partial charge in [0.25, 0.3) is 0 Å². The van der Waals surface area contributed by atoms with Gasteiger partial charge in [-0.05, 0) is 116 Å². The first-order valence-electron chi connectivity index (χ1n) is 20.5. The van der Waals surface area contributed by atoms with E-state index in [-0.39, 0.29) is 5.41 Å². The van der Waals surface area contributed by atoms with Gasteiger partial charge in [0.15, 0.2) is 0 Å². The van der Waals surface area contributed by atoms with Crippen LogP contribution in [0.25, 0.3) is 72.0 Å². The predicted octanol–water partition coefficient (Wildman–Crippen LogP) is 15.6. The van der Waals surface area contributed by atoms with E-state index in [9.17, 15) is 0 Å². The van der Waals surface area contributed by atoms with E-state index >= 15 is 0 Å². The van der Waals surface area contributed by atoms with Gasteiger partial charge in [-0.2, -0.15) is 0 Å². The van der Waals surface area contributed by atoms with Crippen molar-refractivity contribution in [1.82, 2.24) is 4.57 Å². The molecule has 0 amide bonds. The van der Waals surface area contributed by atoms with E-state index in [1.54, 1.807) is 0 Å². The smallest absolute Gasteiger partial charge is 0.0547 e. The summed E-state index contributed by atoms with van der Waals surface area (Å²) in [4.78, 5) is 2.40. The molecule has 0 radical (unpaired) electrons. The van der Waals surface area contributed by atoms with E-state index < -0.39 is 0 Å². The Hall–Kier alpha value is -7.42. The fraction of sp³-hybridized carbons (Fsp3) is 0.0526. The maximum atomic E-state index is 2.45. The minimum atomic E-state index is -0.0582. The molecule has 0 atom stereocenters. The van der Waals surface area contributed by atoms with Crippen LogP contribution in [0.3, 0.4) is 0 Å². The third kappa shape index (κ3) is 5.87. The van der Waals surface area contributed by atoms with E-state index in [2.05, 4.69) is 242 Å². The molecule has 1 aliphatic carbocycles. The maximum Gasteiger partial charge on any atom is 0.0547 e. The van der Waals surface area contributed by atoms with Gasteiger partial charge in [0.2, 0.25) is 0 Å². The molecule has 0 aliphatic heterocycles. The van der Waals surface area contributed by atoms with Crippen LogP contribution in [0, 0.1) is 0 Å². The second-order valence-corrected chi connectivity index (χ2v) is 16.2. The molecule has 0 saturated heterocycles. The summed E-state index contributed by atoms with van der Waals surface area (Å²) in [5.41, 5.74) is 19.4. The van der Waals surface area contributed by atoms with Crippen LogP contribution in [0.1, 0.15) is 25.0 Å². The normalized spacial score (nSPS) is 12.7. The van der Waals surface area contributed by atoms with Crippen molar-refractivity contribution in [3.05, 3.63) is 230 Å². The number of fused-ring (bicyclic) bond motifs is 6. The summed E-state index contributed by atoms with van der Waals surface area (Å²) < 4.78 is 2.45. The van der Waals surface area contributed by atoms with Crippen LogP contribution in [0.4, 0.5) is 17.1 Å². The lowest BCUT2D eigenvalue weighted by Crippen LogP contribution is -2.15. The average molecular weight is 755 g/mol. The van der Waals surface area contributed by atoms with Gasteiger partial charge in [0.1, 0.15) is 0 Å². The van der Waals surface area contributed by atoms with Crippen molar-refractivity contribution in [3.8, 4) is 50.2 Å². The Labute approximate surface area is 345 Å². The van der Waals surface area contributed by atoms with Gasteiger partial charge in [0.05, 0.1) is 11.0 Å². The Kier molecular flexibility index (Phi) is 8.20. The van der Waals surface area contributed by atoms with Gasteiger partial charge in [0, 0.05) is 38.9 Å². The van der Waals surface area contributed by atoms with Crippen molar-refractivity contribution >= 4 is 38.9 Å². The van der Waals surface area contributed by atoms with Crippen LogP contribution in [-0.4, -0.2) is 4.57 Å². The van der Waals surface area contributed by atoms with Crippen LogP contribution in [-0.2, 0) is 5.41 Å². The van der Waals surface area contributed by atoms with Crippen molar-refractivity contribution in [2.75, 3.05) is 4.90 Å². The molecule has 2 heteroatoms. The molecule has 1 aliphatic rings. The minimum absolute atomic E-state index is 0.0582. The van der Waals surface area contributed by atoms with Crippen LogP contribution in [0.2, 0.25) is 0 Å². The van der Waals surface area contributed by atoms with Crippen LogP contribution >= 0.6 is 0 Å². The molecule has 0 bridgehead atoms. The van der Waals surface area contributed by atoms with E-state index in [1.165, 1.54) is 77.4 Å². The molecule has 9 aromatic carbocycles. The molecular formula is C57H42N2. The van der Waals surface area contributed by atoms with Crippen molar-refractivity contribution in [2.24, 2.45) is 0 Å². The van der Waals surface area contributed by atoms with Crippen LogP contribution in [0.15, 0.2) is 218 Å². The second kappa shape index (κ2) is 13.9. The van der Waals surface area contributed by atoms with Crippen molar-refractivity contribution in [1.29, 1.82) is 0 Å². The lowest BCUT2D eigenvalue weighted by Gasteiger charge is -2.27. The molecule has 2 nitrogen and oxygen atoms in total. The Bertz CT molecular complexity index is 3040. The number of aromatic nitrogens is 1. The summed E-state index contributed by atoms with van der Waals surface area (Å²) in [6.07, 6.45) is 0. The zero-order valence-electron chi connectivity index (χ0n) is 33.2. The lowest BCUT2D eigenvalue weighted by molar-refractivity contribution is 0.660. The molecule has 280 valence electrons. The van der Waals surface area contributed by atoms with Gasteiger partial charge in [-0.25, -0.2) is 0 Å². The van der Waals surface area contributed by atoms with Gasteiger partial charge in [-0.3, -0.25) is 0 Å². The summed E-state index contributed by atoms with van der Waals surface area (Å²) in [7, 11) is 0. The molecule has 0 spiro atoms. The van der Waals surface area contributed by atoms with Crippen molar-refractivity contribution in [3.63, 3.8) is 0 Å². The number of nitrogens with zero attached hydrogens (tertiary/aromatic N) is 2. The molecule has 0 fully saturated rings. The van der Waals surface area contributed by atoms with E-state index in [4.69, 9.17) is 0 Å². The standard InChI is InChI=1S/C57H42N2/c1-57(2)53-21-13-12-20-49(53)52-38-48(32-35-54(52)57)58(45-26-22-42(23-27-45)39-14-6-3-7-15-39)46-28-30-47(31-29-46)59-55-36-43(40-16-8-4-9-17-40)24-33-50(55)51-34-25-44(37-56(51)59)41-18-10-5-11-19-41/h3-38H,1-2H3. The quantitative estimate of drug-likeness (QED) is 0.157. The SMILES string of the molecule is CC1(C)c2ccccc2-c2cc(N(c3ccc(-c4ccccc4)cc3)c3ccc(-n4c5cc(-c6ccccc6)ccc5c5ccc(-c6ccccc6)cc54)cc3)ccc21. The van der Waals surface area contributed by atoms with E-state index in [0.29, 0.717) is 0 Å². The molecule has 0 saturated carbocycles. The Morgan fingerprint density at radius 1 is 0.339 bits per heavy atom. The van der Waals surface area contributed by atoms with Gasteiger partial charge < -0.3 is 9.47 Å². The first-order valence-corrected chi connectivity index (χ1v) is 20.5. The molecule has 59 heavy (non-hydrogen) atoms. The van der Waals surface area contributed by atoms with E-state index in [1.807, 2.05) is 0 Å². The highest BCUT2D eigenvalue weighted by molar-refractivity contribution is 6.11. The first-order chi connectivity index (χ1) is 29.0. The highest BCUT2D eigenvalue weighted by Crippen LogP contribution is 2.50. The Balaban J connectivity index is 1.07. The zero-order chi connectivity index (χ0) is 39.5. The topological polar surface area (TPSA) is 8.17 Å². The molecule has 1 heterocycles. The molecule has 1 aromatic heterocycles. The number of hydrogen-bond donors (Lipinski definition) is 0. The molecule has 10 aromatic rings. The number of benzene rings is 9. The molecular weight excluding hydrogens is 713 g/mol.